The van der Waals surface area contributed by atoms with Crippen LogP contribution >= 0.6 is 0 Å². The first kappa shape index (κ1) is 22.6. The number of ether oxygens (including phenoxy) is 1. The van der Waals surface area contributed by atoms with E-state index in [2.05, 4.69) is 5.10 Å². The molecule has 0 radical (unpaired) electrons. The van der Waals surface area contributed by atoms with Gasteiger partial charge in [0, 0.05) is 20.1 Å². The lowest BCUT2D eigenvalue weighted by Crippen LogP contribution is -2.43. The Labute approximate surface area is 188 Å². The van der Waals surface area contributed by atoms with E-state index in [1.54, 1.807) is 17.0 Å². The van der Waals surface area contributed by atoms with Crippen LogP contribution in [-0.4, -0.2) is 44.9 Å². The Balaban J connectivity index is 1.31. The number of hydrogen-bond acceptors (Lipinski definition) is 4. The van der Waals surface area contributed by atoms with Crippen molar-refractivity contribution in [2.75, 3.05) is 19.7 Å². The largest absolute Gasteiger partial charge is 0.484 e. The monoisotopic (exact) mass is 460 g/mol. The van der Waals surface area contributed by atoms with E-state index in [4.69, 9.17) is 4.74 Å². The Morgan fingerprint density at radius 3 is 2.21 bits per heavy atom. The van der Waals surface area contributed by atoms with Gasteiger partial charge in [-0.25, -0.2) is 9.48 Å². The summed E-state index contributed by atoms with van der Waals surface area (Å²) in [6, 6.07) is 16.8. The minimum atomic E-state index is -4.70. The molecule has 1 amide bonds. The van der Waals surface area contributed by atoms with Crippen molar-refractivity contribution in [2.24, 2.45) is 7.05 Å². The van der Waals surface area contributed by atoms with Gasteiger partial charge in [-0.15, -0.1) is 5.10 Å². The Kier molecular flexibility index (Phi) is 6.26. The number of carbonyl (C=O) groups excluding carboxylic acids is 1. The van der Waals surface area contributed by atoms with E-state index in [0.717, 1.165) is 22.9 Å². The van der Waals surface area contributed by atoms with Gasteiger partial charge in [-0.05, 0) is 36.1 Å². The summed E-state index contributed by atoms with van der Waals surface area (Å²) in [7, 11) is 1.05. The molecule has 0 unspecified atom stereocenters. The third kappa shape index (κ3) is 4.94. The van der Waals surface area contributed by atoms with Crippen LogP contribution in [0, 0.1) is 0 Å². The Hall–Kier alpha value is -3.56. The highest BCUT2D eigenvalue weighted by Crippen LogP contribution is 2.28. The maximum Gasteiger partial charge on any atom is 0.451 e. The molecule has 7 nitrogen and oxygen atoms in total. The summed E-state index contributed by atoms with van der Waals surface area (Å²) in [5, 5.41) is 3.49. The molecular formula is C23H23F3N4O3. The fourth-order valence-electron chi connectivity index (χ4n) is 3.91. The molecule has 1 fully saturated rings. The molecule has 0 saturated carbocycles. The summed E-state index contributed by atoms with van der Waals surface area (Å²) in [5.74, 6) is -0.875. The Morgan fingerprint density at radius 1 is 1.03 bits per heavy atom. The van der Waals surface area contributed by atoms with Crippen LogP contribution in [0.2, 0.25) is 0 Å². The molecule has 1 aliphatic heterocycles. The molecule has 0 atom stereocenters. The first-order chi connectivity index (χ1) is 15.7. The SMILES string of the molecule is Cn1c(C(F)(F)F)nn(C2CCN(C(=O)COc3ccc(-c4ccccc4)cc3)CC2)c1=O. The summed E-state index contributed by atoms with van der Waals surface area (Å²) >= 11 is 0. The van der Waals surface area contributed by atoms with Gasteiger partial charge < -0.3 is 9.64 Å². The number of alkyl halides is 3. The van der Waals surface area contributed by atoms with Crippen LogP contribution in [0.25, 0.3) is 11.1 Å². The molecule has 2 aromatic carbocycles. The van der Waals surface area contributed by atoms with E-state index in [1.807, 2.05) is 42.5 Å². The van der Waals surface area contributed by atoms with Crippen molar-refractivity contribution in [2.45, 2.75) is 25.1 Å². The van der Waals surface area contributed by atoms with Crippen molar-refractivity contribution in [3.05, 3.63) is 70.9 Å². The second kappa shape index (κ2) is 9.13. The average molecular weight is 460 g/mol. The molecule has 0 aliphatic carbocycles. The molecule has 1 saturated heterocycles. The number of benzene rings is 2. The van der Waals surface area contributed by atoms with Gasteiger partial charge in [-0.3, -0.25) is 9.36 Å². The van der Waals surface area contributed by atoms with E-state index in [-0.39, 0.29) is 12.5 Å². The van der Waals surface area contributed by atoms with Gasteiger partial charge in [-0.1, -0.05) is 42.5 Å². The van der Waals surface area contributed by atoms with Crippen LogP contribution in [0.4, 0.5) is 13.2 Å². The molecule has 0 bridgehead atoms. The normalized spacial score (nSPS) is 15.0. The minimum absolute atomic E-state index is 0.142. The zero-order valence-electron chi connectivity index (χ0n) is 18.0. The molecule has 0 N–H and O–H groups in total. The van der Waals surface area contributed by atoms with Gasteiger partial charge in [0.1, 0.15) is 5.75 Å². The summed E-state index contributed by atoms with van der Waals surface area (Å²) in [4.78, 5) is 26.3. The fourth-order valence-corrected chi connectivity index (χ4v) is 3.91. The molecule has 10 heteroatoms. The summed E-state index contributed by atoms with van der Waals surface area (Å²) < 4.78 is 46.0. The van der Waals surface area contributed by atoms with Crippen molar-refractivity contribution in [1.82, 2.24) is 19.2 Å². The highest BCUT2D eigenvalue weighted by molar-refractivity contribution is 5.78. The maximum absolute atomic E-state index is 13.0. The fraction of sp³-hybridized carbons (Fsp3) is 0.348. The predicted molar refractivity (Wildman–Crippen MR) is 115 cm³/mol. The number of nitrogens with zero attached hydrogens (tertiary/aromatic N) is 4. The topological polar surface area (TPSA) is 69.4 Å². The molecule has 174 valence electrons. The third-order valence-corrected chi connectivity index (χ3v) is 5.74. The van der Waals surface area contributed by atoms with Crippen LogP contribution in [0.5, 0.6) is 5.75 Å². The van der Waals surface area contributed by atoms with Crippen LogP contribution in [0.3, 0.4) is 0 Å². The second-order valence-corrected chi connectivity index (χ2v) is 7.90. The van der Waals surface area contributed by atoms with E-state index < -0.39 is 23.7 Å². The van der Waals surface area contributed by atoms with Gasteiger partial charge in [0.05, 0.1) is 6.04 Å². The lowest BCUT2D eigenvalue weighted by molar-refractivity contribution is -0.147. The molecular weight excluding hydrogens is 437 g/mol. The van der Waals surface area contributed by atoms with Crippen LogP contribution in [-0.2, 0) is 18.0 Å². The van der Waals surface area contributed by atoms with Crippen molar-refractivity contribution < 1.29 is 22.7 Å². The van der Waals surface area contributed by atoms with E-state index in [1.165, 1.54) is 0 Å². The second-order valence-electron chi connectivity index (χ2n) is 7.90. The first-order valence-electron chi connectivity index (χ1n) is 10.5. The molecule has 1 aromatic heterocycles. The lowest BCUT2D eigenvalue weighted by Gasteiger charge is -2.31. The Bertz CT molecular complexity index is 1160. The van der Waals surface area contributed by atoms with Gasteiger partial charge >= 0.3 is 11.9 Å². The third-order valence-electron chi connectivity index (χ3n) is 5.74. The average Bonchev–Trinajstić information content (AvgIpc) is 3.13. The molecule has 3 aromatic rings. The maximum atomic E-state index is 13.0. The summed E-state index contributed by atoms with van der Waals surface area (Å²) in [6.07, 6.45) is -4.02. The number of amides is 1. The van der Waals surface area contributed by atoms with Crippen molar-refractivity contribution in [3.63, 3.8) is 0 Å². The minimum Gasteiger partial charge on any atom is -0.484 e. The zero-order valence-corrected chi connectivity index (χ0v) is 18.0. The molecule has 4 rings (SSSR count). The summed E-state index contributed by atoms with van der Waals surface area (Å²) in [5.41, 5.74) is 1.31. The van der Waals surface area contributed by atoms with Gasteiger partial charge in [0.15, 0.2) is 6.61 Å². The van der Waals surface area contributed by atoms with E-state index in [9.17, 15) is 22.8 Å². The number of rotatable bonds is 5. The van der Waals surface area contributed by atoms with E-state index >= 15 is 0 Å². The van der Waals surface area contributed by atoms with Crippen LogP contribution in [0.1, 0.15) is 24.7 Å². The quantitative estimate of drug-likeness (QED) is 0.585. The number of piperidine rings is 1. The molecule has 2 heterocycles. The molecule has 0 spiro atoms. The number of hydrogen-bond donors (Lipinski definition) is 0. The zero-order chi connectivity index (χ0) is 23.6. The standard InChI is InChI=1S/C23H23F3N4O3/c1-28-21(23(24,25)26)27-30(22(28)32)18-11-13-29(14-12-18)20(31)15-33-19-9-7-17(8-10-19)16-5-3-2-4-6-16/h2-10,18H,11-15H2,1H3. The van der Waals surface area contributed by atoms with Gasteiger partial charge in [0.2, 0.25) is 5.82 Å². The number of likely N-dealkylation sites (tertiary alicyclic amines) is 1. The number of aromatic nitrogens is 3. The number of halogens is 3. The predicted octanol–water partition coefficient (Wildman–Crippen LogP) is 3.51. The van der Waals surface area contributed by atoms with Crippen molar-refractivity contribution in [1.29, 1.82) is 0 Å². The lowest BCUT2D eigenvalue weighted by atomic mass is 10.1. The smallest absolute Gasteiger partial charge is 0.451 e. The van der Waals surface area contributed by atoms with Crippen LogP contribution < -0.4 is 10.4 Å². The van der Waals surface area contributed by atoms with E-state index in [0.29, 0.717) is 36.2 Å². The van der Waals surface area contributed by atoms with Gasteiger partial charge in [0.25, 0.3) is 5.91 Å². The highest BCUT2D eigenvalue weighted by atomic mass is 19.4. The Morgan fingerprint density at radius 2 is 1.64 bits per heavy atom. The molecule has 1 aliphatic rings. The van der Waals surface area contributed by atoms with Gasteiger partial charge in [-0.2, -0.15) is 13.2 Å². The highest BCUT2D eigenvalue weighted by Gasteiger charge is 2.39. The first-order valence-corrected chi connectivity index (χ1v) is 10.5. The molecule has 33 heavy (non-hydrogen) atoms. The summed E-state index contributed by atoms with van der Waals surface area (Å²) in [6.45, 7) is 0.478. The number of carbonyl (C=O) groups is 1. The van der Waals surface area contributed by atoms with Crippen LogP contribution in [0.15, 0.2) is 59.4 Å². The van der Waals surface area contributed by atoms with Crippen molar-refractivity contribution >= 4 is 5.91 Å². The van der Waals surface area contributed by atoms with Crippen molar-refractivity contribution in [3.8, 4) is 16.9 Å².